The van der Waals surface area contributed by atoms with E-state index < -0.39 is 98.7 Å². The topological polar surface area (TPSA) is 237 Å². The molecule has 34 heavy (non-hydrogen) atoms. The minimum absolute atomic E-state index is 0.190. The van der Waals surface area contributed by atoms with Gasteiger partial charge in [-0.25, -0.2) is 0 Å². The molecule has 3 aliphatic rings. The van der Waals surface area contributed by atoms with Crippen molar-refractivity contribution in [2.75, 3.05) is 20.3 Å². The standard InChI is InChI=1S/C19H34O15/c1-5-8(21)11(24)13(26)18(30-5)34-16-15(10(23)7(4-29-2)31-17(16)28)33-19-14(27)12(25)9(22)6(3-20)32-19/h5-28H,3-4H2,1-2H3/t5-,6+,7+,8+,9-,10-,11+,12-,13-,14+,15-,16+,17?,18-,19+/m0/s1. The molecule has 15 heteroatoms. The Kier molecular flexibility index (Phi) is 9.57. The fourth-order valence-corrected chi connectivity index (χ4v) is 4.13. The van der Waals surface area contributed by atoms with Crippen molar-refractivity contribution in [3.05, 3.63) is 0 Å². The third-order valence-corrected chi connectivity index (χ3v) is 6.21. The van der Waals surface area contributed by atoms with Gasteiger partial charge in [-0.2, -0.15) is 0 Å². The normalized spacial score (nSPS) is 52.5. The van der Waals surface area contributed by atoms with Crippen molar-refractivity contribution in [3.63, 3.8) is 0 Å². The molecule has 0 amide bonds. The quantitative estimate of drug-likeness (QED) is 0.157. The van der Waals surface area contributed by atoms with Gasteiger partial charge >= 0.3 is 0 Å². The molecule has 3 rings (SSSR count). The Labute approximate surface area is 194 Å². The summed E-state index contributed by atoms with van der Waals surface area (Å²) in [6, 6.07) is 0. The second-order valence-corrected chi connectivity index (χ2v) is 8.59. The molecule has 3 saturated heterocycles. The van der Waals surface area contributed by atoms with Crippen molar-refractivity contribution in [2.24, 2.45) is 0 Å². The van der Waals surface area contributed by atoms with Crippen LogP contribution in [0.5, 0.6) is 0 Å². The first kappa shape index (κ1) is 28.0. The maximum Gasteiger partial charge on any atom is 0.187 e. The molecule has 0 bridgehead atoms. The van der Waals surface area contributed by atoms with E-state index in [1.54, 1.807) is 0 Å². The van der Waals surface area contributed by atoms with Gasteiger partial charge in [-0.1, -0.05) is 0 Å². The number of methoxy groups -OCH3 is 1. The number of rotatable bonds is 7. The molecule has 15 atom stereocenters. The molecular weight excluding hydrogens is 468 g/mol. The summed E-state index contributed by atoms with van der Waals surface area (Å²) in [6.07, 6.45) is -23.3. The highest BCUT2D eigenvalue weighted by Gasteiger charge is 2.53. The van der Waals surface area contributed by atoms with Gasteiger partial charge in [-0.3, -0.25) is 0 Å². The molecule has 3 aliphatic heterocycles. The average Bonchev–Trinajstić information content (AvgIpc) is 2.81. The lowest BCUT2D eigenvalue weighted by molar-refractivity contribution is -0.386. The lowest BCUT2D eigenvalue weighted by atomic mass is 9.96. The molecule has 200 valence electrons. The van der Waals surface area contributed by atoms with E-state index in [-0.39, 0.29) is 6.61 Å². The largest absolute Gasteiger partial charge is 0.394 e. The smallest absolute Gasteiger partial charge is 0.187 e. The second-order valence-electron chi connectivity index (χ2n) is 8.59. The predicted molar refractivity (Wildman–Crippen MR) is 105 cm³/mol. The monoisotopic (exact) mass is 502 g/mol. The van der Waals surface area contributed by atoms with Crippen LogP contribution < -0.4 is 0 Å². The van der Waals surface area contributed by atoms with Gasteiger partial charge in [0.05, 0.1) is 19.3 Å². The van der Waals surface area contributed by atoms with Crippen molar-refractivity contribution in [3.8, 4) is 0 Å². The Morgan fingerprint density at radius 2 is 1.18 bits per heavy atom. The zero-order valence-corrected chi connectivity index (χ0v) is 18.5. The molecule has 0 saturated carbocycles. The number of aliphatic hydroxyl groups excluding tert-OH is 9. The molecule has 3 heterocycles. The number of hydrogen-bond acceptors (Lipinski definition) is 15. The van der Waals surface area contributed by atoms with Gasteiger partial charge in [0.15, 0.2) is 18.9 Å². The van der Waals surface area contributed by atoms with Gasteiger partial charge in [0.25, 0.3) is 0 Å². The third-order valence-electron chi connectivity index (χ3n) is 6.21. The molecule has 0 radical (unpaired) electrons. The Morgan fingerprint density at radius 1 is 0.618 bits per heavy atom. The van der Waals surface area contributed by atoms with Crippen LogP contribution in [0.4, 0.5) is 0 Å². The summed E-state index contributed by atoms with van der Waals surface area (Å²) >= 11 is 0. The minimum atomic E-state index is -1.82. The van der Waals surface area contributed by atoms with Gasteiger partial charge in [0.1, 0.15) is 67.1 Å². The summed E-state index contributed by atoms with van der Waals surface area (Å²) in [5, 5.41) is 91.3. The zero-order valence-electron chi connectivity index (χ0n) is 18.5. The van der Waals surface area contributed by atoms with Crippen LogP contribution in [-0.4, -0.2) is 158 Å². The van der Waals surface area contributed by atoms with Crippen molar-refractivity contribution < 1.29 is 74.4 Å². The first-order valence-corrected chi connectivity index (χ1v) is 10.8. The Balaban J connectivity index is 1.83. The Hall–Kier alpha value is -0.600. The predicted octanol–water partition coefficient (Wildman–Crippen LogP) is -5.89. The van der Waals surface area contributed by atoms with E-state index in [1.165, 1.54) is 14.0 Å². The van der Waals surface area contributed by atoms with Gasteiger partial charge in [0, 0.05) is 7.11 Å². The third kappa shape index (κ3) is 5.54. The van der Waals surface area contributed by atoms with E-state index in [1.807, 2.05) is 0 Å². The molecule has 9 N–H and O–H groups in total. The maximum absolute atomic E-state index is 10.8. The Morgan fingerprint density at radius 3 is 1.76 bits per heavy atom. The van der Waals surface area contributed by atoms with Crippen LogP contribution in [0, 0.1) is 0 Å². The fourth-order valence-electron chi connectivity index (χ4n) is 4.13. The fraction of sp³-hybridized carbons (Fsp3) is 1.00. The lowest BCUT2D eigenvalue weighted by Gasteiger charge is -2.48. The number of hydrogen-bond donors (Lipinski definition) is 9. The van der Waals surface area contributed by atoms with Crippen LogP contribution in [0.3, 0.4) is 0 Å². The maximum atomic E-state index is 10.8. The summed E-state index contributed by atoms with van der Waals surface area (Å²) < 4.78 is 32.2. The highest BCUT2D eigenvalue weighted by atomic mass is 16.8. The van der Waals surface area contributed by atoms with Crippen LogP contribution in [0.2, 0.25) is 0 Å². The van der Waals surface area contributed by atoms with Gasteiger partial charge in [0.2, 0.25) is 0 Å². The number of ether oxygens (including phenoxy) is 6. The van der Waals surface area contributed by atoms with Crippen LogP contribution in [0.15, 0.2) is 0 Å². The van der Waals surface area contributed by atoms with E-state index in [2.05, 4.69) is 0 Å². The summed E-state index contributed by atoms with van der Waals surface area (Å²) in [7, 11) is 1.32. The van der Waals surface area contributed by atoms with E-state index in [0.717, 1.165) is 0 Å². The van der Waals surface area contributed by atoms with Crippen LogP contribution in [0.25, 0.3) is 0 Å². The SMILES string of the molecule is COC[C@H]1OC(O)[C@H](O[C@@H]2O[C@@H](C)[C@@H](O)[C@@H](O)[C@@H]2O)[C@@H](O[C@H]2O[C@H](CO)[C@H](O)[C@H](O)[C@H]2O)[C@H]1O. The second kappa shape index (κ2) is 11.6. The van der Waals surface area contributed by atoms with E-state index in [9.17, 15) is 46.0 Å². The number of aliphatic hydroxyl groups is 9. The van der Waals surface area contributed by atoms with Gasteiger partial charge < -0.3 is 74.4 Å². The zero-order chi connectivity index (χ0) is 25.3. The molecule has 1 unspecified atom stereocenters. The van der Waals surface area contributed by atoms with Crippen molar-refractivity contribution in [1.82, 2.24) is 0 Å². The van der Waals surface area contributed by atoms with Crippen molar-refractivity contribution >= 4 is 0 Å². The molecular formula is C19H34O15. The molecule has 15 nitrogen and oxygen atoms in total. The molecule has 0 aromatic carbocycles. The van der Waals surface area contributed by atoms with Crippen LogP contribution in [0.1, 0.15) is 6.92 Å². The van der Waals surface area contributed by atoms with Crippen molar-refractivity contribution in [1.29, 1.82) is 0 Å². The van der Waals surface area contributed by atoms with Crippen LogP contribution in [-0.2, 0) is 28.4 Å². The van der Waals surface area contributed by atoms with E-state index >= 15 is 0 Å². The first-order chi connectivity index (χ1) is 16.0. The first-order valence-electron chi connectivity index (χ1n) is 10.8. The highest BCUT2D eigenvalue weighted by Crippen LogP contribution is 2.32. The molecule has 0 spiro atoms. The molecule has 0 aliphatic carbocycles. The molecule has 3 fully saturated rings. The van der Waals surface area contributed by atoms with E-state index in [4.69, 9.17) is 28.4 Å². The average molecular weight is 502 g/mol. The lowest BCUT2D eigenvalue weighted by Crippen LogP contribution is -2.66. The van der Waals surface area contributed by atoms with Crippen LogP contribution >= 0.6 is 0 Å². The molecule has 0 aromatic rings. The minimum Gasteiger partial charge on any atom is -0.394 e. The van der Waals surface area contributed by atoms with Gasteiger partial charge in [-0.15, -0.1) is 0 Å². The summed E-state index contributed by atoms with van der Waals surface area (Å²) in [6.45, 7) is 0.496. The summed E-state index contributed by atoms with van der Waals surface area (Å²) in [5.41, 5.74) is 0. The Bertz CT molecular complexity index is 639. The summed E-state index contributed by atoms with van der Waals surface area (Å²) in [5.74, 6) is 0. The summed E-state index contributed by atoms with van der Waals surface area (Å²) in [4.78, 5) is 0. The van der Waals surface area contributed by atoms with E-state index in [0.29, 0.717) is 0 Å². The van der Waals surface area contributed by atoms with Crippen molar-refractivity contribution in [2.45, 2.75) is 99.0 Å². The molecule has 0 aromatic heterocycles. The van der Waals surface area contributed by atoms with Gasteiger partial charge in [-0.05, 0) is 6.92 Å². The highest BCUT2D eigenvalue weighted by molar-refractivity contribution is 4.96.